The van der Waals surface area contributed by atoms with Crippen molar-refractivity contribution in [3.63, 3.8) is 0 Å². The number of hydrogen-bond acceptors (Lipinski definition) is 3. The molecule has 0 bridgehead atoms. The Morgan fingerprint density at radius 2 is 1.95 bits per heavy atom. The molecule has 1 aliphatic carbocycles. The molecule has 118 valence electrons. The number of nitrogens with zero attached hydrogens (tertiary/aromatic N) is 2. The predicted molar refractivity (Wildman–Crippen MR) is 79.0 cm³/mol. The van der Waals surface area contributed by atoms with E-state index in [1.807, 2.05) is 13.8 Å². The van der Waals surface area contributed by atoms with Crippen molar-refractivity contribution < 1.29 is 18.3 Å². The van der Waals surface area contributed by atoms with Crippen LogP contribution in [0.25, 0.3) is 0 Å². The first kappa shape index (κ1) is 16.0. The molecular weight excluding hydrogens is 292 g/mol. The number of aromatic carboxylic acids is 1. The normalized spacial score (nSPS) is 17.0. The maximum Gasteiger partial charge on any atom is 0.352 e. The SMILES string of the molecule is CC(C)n1cc(S(=O)(=O)N(C)C2CCCC2)cc1C(=O)O. The average Bonchev–Trinajstić information content (AvgIpc) is 3.07. The topological polar surface area (TPSA) is 79.6 Å². The Kier molecular flexibility index (Phi) is 4.43. The second-order valence-corrected chi connectivity index (χ2v) is 7.82. The lowest BCUT2D eigenvalue weighted by molar-refractivity contribution is 0.0683. The second kappa shape index (κ2) is 5.81. The number of hydrogen-bond donors (Lipinski definition) is 1. The summed E-state index contributed by atoms with van der Waals surface area (Å²) in [5.41, 5.74) is 0.00315. The van der Waals surface area contributed by atoms with E-state index in [-0.39, 0.29) is 22.7 Å². The van der Waals surface area contributed by atoms with E-state index in [0.717, 1.165) is 25.7 Å². The summed E-state index contributed by atoms with van der Waals surface area (Å²) in [4.78, 5) is 11.3. The summed E-state index contributed by atoms with van der Waals surface area (Å²) in [5, 5.41) is 9.21. The van der Waals surface area contributed by atoms with Crippen molar-refractivity contribution in [1.29, 1.82) is 0 Å². The van der Waals surface area contributed by atoms with Crippen LogP contribution in [-0.4, -0.2) is 41.5 Å². The van der Waals surface area contributed by atoms with Gasteiger partial charge in [-0.15, -0.1) is 0 Å². The summed E-state index contributed by atoms with van der Waals surface area (Å²) in [7, 11) is -2.06. The average molecular weight is 314 g/mol. The minimum absolute atomic E-state index is 0.00315. The molecule has 21 heavy (non-hydrogen) atoms. The van der Waals surface area contributed by atoms with E-state index in [1.165, 1.54) is 21.1 Å². The highest BCUT2D eigenvalue weighted by Crippen LogP contribution is 2.28. The van der Waals surface area contributed by atoms with Gasteiger partial charge in [0, 0.05) is 25.3 Å². The van der Waals surface area contributed by atoms with Gasteiger partial charge in [-0.1, -0.05) is 12.8 Å². The summed E-state index contributed by atoms with van der Waals surface area (Å²) in [5.74, 6) is -1.12. The lowest BCUT2D eigenvalue weighted by atomic mass is 10.3. The third kappa shape index (κ3) is 2.98. The molecule has 1 aromatic heterocycles. The minimum atomic E-state index is -3.64. The number of sulfonamides is 1. The molecule has 0 spiro atoms. The summed E-state index contributed by atoms with van der Waals surface area (Å²) < 4.78 is 28.2. The number of carbonyl (C=O) groups is 1. The van der Waals surface area contributed by atoms with Gasteiger partial charge in [-0.2, -0.15) is 4.31 Å². The summed E-state index contributed by atoms with van der Waals surface area (Å²) in [6.45, 7) is 3.65. The second-order valence-electron chi connectivity index (χ2n) is 5.83. The van der Waals surface area contributed by atoms with Crippen LogP contribution in [0.5, 0.6) is 0 Å². The van der Waals surface area contributed by atoms with Crippen LogP contribution < -0.4 is 0 Å². The Morgan fingerprint density at radius 3 is 2.38 bits per heavy atom. The molecule has 7 heteroatoms. The minimum Gasteiger partial charge on any atom is -0.477 e. The lowest BCUT2D eigenvalue weighted by Gasteiger charge is -2.22. The van der Waals surface area contributed by atoms with Crippen LogP contribution in [0.2, 0.25) is 0 Å². The molecule has 2 rings (SSSR count). The summed E-state index contributed by atoms with van der Waals surface area (Å²) in [6, 6.07) is 1.16. The van der Waals surface area contributed by atoms with Gasteiger partial charge >= 0.3 is 5.97 Å². The number of aromatic nitrogens is 1. The Hall–Kier alpha value is -1.34. The van der Waals surface area contributed by atoms with Crippen LogP contribution in [0.1, 0.15) is 56.1 Å². The van der Waals surface area contributed by atoms with Crippen molar-refractivity contribution >= 4 is 16.0 Å². The Labute approximate surface area is 125 Å². The van der Waals surface area contributed by atoms with Gasteiger partial charge in [-0.25, -0.2) is 13.2 Å². The van der Waals surface area contributed by atoms with Gasteiger partial charge in [0.05, 0.1) is 0 Å². The zero-order chi connectivity index (χ0) is 15.8. The molecule has 1 aromatic rings. The lowest BCUT2D eigenvalue weighted by Crippen LogP contribution is -2.35. The third-order valence-electron chi connectivity index (χ3n) is 4.11. The molecule has 1 N–H and O–H groups in total. The van der Waals surface area contributed by atoms with E-state index in [9.17, 15) is 18.3 Å². The fraction of sp³-hybridized carbons (Fsp3) is 0.643. The molecule has 0 radical (unpaired) electrons. The Bertz CT molecular complexity index is 627. The zero-order valence-electron chi connectivity index (χ0n) is 12.6. The molecule has 0 aromatic carbocycles. The maximum atomic E-state index is 12.6. The third-order valence-corrected chi connectivity index (χ3v) is 5.99. The van der Waals surface area contributed by atoms with Crippen molar-refractivity contribution in [2.75, 3.05) is 7.05 Å². The molecule has 6 nitrogen and oxygen atoms in total. The summed E-state index contributed by atoms with van der Waals surface area (Å²) in [6.07, 6.45) is 5.24. The number of carboxylic acid groups (broad SMARTS) is 1. The van der Waals surface area contributed by atoms with Crippen LogP contribution >= 0.6 is 0 Å². The van der Waals surface area contributed by atoms with Crippen LogP contribution in [0.3, 0.4) is 0 Å². The van der Waals surface area contributed by atoms with Crippen molar-refractivity contribution in [3.8, 4) is 0 Å². The molecule has 0 aliphatic heterocycles. The van der Waals surface area contributed by atoms with Crippen LogP contribution in [-0.2, 0) is 10.0 Å². The highest BCUT2D eigenvalue weighted by molar-refractivity contribution is 7.89. The number of rotatable bonds is 5. The first-order valence-electron chi connectivity index (χ1n) is 7.18. The largest absolute Gasteiger partial charge is 0.477 e. The van der Waals surface area contributed by atoms with Crippen LogP contribution in [0.4, 0.5) is 0 Å². The van der Waals surface area contributed by atoms with Crippen LogP contribution in [0, 0.1) is 0 Å². The van der Waals surface area contributed by atoms with Crippen molar-refractivity contribution in [2.45, 2.75) is 56.5 Å². The molecule has 0 unspecified atom stereocenters. The molecule has 1 fully saturated rings. The van der Waals surface area contributed by atoms with E-state index >= 15 is 0 Å². The van der Waals surface area contributed by atoms with E-state index in [0.29, 0.717) is 0 Å². The maximum absolute atomic E-state index is 12.6. The smallest absolute Gasteiger partial charge is 0.352 e. The molecule has 0 atom stereocenters. The highest BCUT2D eigenvalue weighted by Gasteiger charge is 2.32. The molecule has 1 saturated carbocycles. The van der Waals surface area contributed by atoms with Crippen molar-refractivity contribution in [3.05, 3.63) is 18.0 Å². The van der Waals surface area contributed by atoms with E-state index < -0.39 is 16.0 Å². The summed E-state index contributed by atoms with van der Waals surface area (Å²) >= 11 is 0. The number of carboxylic acids is 1. The van der Waals surface area contributed by atoms with Gasteiger partial charge in [-0.3, -0.25) is 0 Å². The zero-order valence-corrected chi connectivity index (χ0v) is 13.4. The first-order chi connectivity index (χ1) is 9.75. The van der Waals surface area contributed by atoms with Gasteiger partial charge in [0.15, 0.2) is 0 Å². The standard InChI is InChI=1S/C14H22N2O4S/c1-10(2)16-9-12(8-13(16)14(17)18)21(19,20)15(3)11-6-4-5-7-11/h8-11H,4-7H2,1-3H3,(H,17,18). The van der Waals surface area contributed by atoms with Gasteiger partial charge in [-0.05, 0) is 32.8 Å². The monoisotopic (exact) mass is 314 g/mol. The van der Waals surface area contributed by atoms with Gasteiger partial charge in [0.25, 0.3) is 0 Å². The first-order valence-corrected chi connectivity index (χ1v) is 8.62. The predicted octanol–water partition coefficient (Wildman–Crippen LogP) is 2.33. The van der Waals surface area contributed by atoms with Crippen molar-refractivity contribution in [1.82, 2.24) is 8.87 Å². The van der Waals surface area contributed by atoms with E-state index in [1.54, 1.807) is 7.05 Å². The quantitative estimate of drug-likeness (QED) is 0.904. The van der Waals surface area contributed by atoms with E-state index in [4.69, 9.17) is 0 Å². The fourth-order valence-corrected chi connectivity index (χ4v) is 4.27. The molecule has 1 aliphatic rings. The van der Waals surface area contributed by atoms with Crippen LogP contribution in [0.15, 0.2) is 17.2 Å². The Morgan fingerprint density at radius 1 is 1.38 bits per heavy atom. The fourth-order valence-electron chi connectivity index (χ4n) is 2.82. The van der Waals surface area contributed by atoms with E-state index in [2.05, 4.69) is 0 Å². The highest BCUT2D eigenvalue weighted by atomic mass is 32.2. The molecule has 1 heterocycles. The Balaban J connectivity index is 2.40. The molecular formula is C14H22N2O4S. The molecule has 0 amide bonds. The van der Waals surface area contributed by atoms with Gasteiger partial charge in [0.1, 0.15) is 10.6 Å². The van der Waals surface area contributed by atoms with Gasteiger partial charge in [0.2, 0.25) is 10.0 Å². The van der Waals surface area contributed by atoms with Gasteiger partial charge < -0.3 is 9.67 Å². The van der Waals surface area contributed by atoms with Crippen molar-refractivity contribution in [2.24, 2.45) is 0 Å². The molecule has 0 saturated heterocycles.